The number of nitrogens with one attached hydrogen (secondary N) is 1. The van der Waals surface area contributed by atoms with Gasteiger partial charge in [-0.2, -0.15) is 5.10 Å². The first-order chi connectivity index (χ1) is 12.7. The van der Waals surface area contributed by atoms with Crippen LogP contribution < -0.4 is 11.0 Å². The number of carbonyl (C=O) groups is 1. The minimum atomic E-state index is -0.236. The molecule has 4 rings (SSSR count). The lowest BCUT2D eigenvalue weighted by atomic mass is 10.1. The number of hydrogen-bond acceptors (Lipinski definition) is 3. The smallest absolute Gasteiger partial charge is 0.321 e. The number of imidazole rings is 1. The molecule has 0 unspecified atom stereocenters. The summed E-state index contributed by atoms with van der Waals surface area (Å²) < 4.78 is 5.14. The first-order valence-electron chi connectivity index (χ1n) is 9.24. The summed E-state index contributed by atoms with van der Waals surface area (Å²) in [5.41, 5.74) is 3.55. The van der Waals surface area contributed by atoms with Gasteiger partial charge in [0.25, 0.3) is 5.91 Å². The molecule has 1 aliphatic rings. The third-order valence-electron chi connectivity index (χ3n) is 5.13. The largest absolute Gasteiger partial charge is 0.328 e. The summed E-state index contributed by atoms with van der Waals surface area (Å²) in [6.45, 7) is 6.28. The van der Waals surface area contributed by atoms with Gasteiger partial charge in [0, 0.05) is 31.4 Å². The fourth-order valence-corrected chi connectivity index (χ4v) is 3.49. The zero-order valence-electron chi connectivity index (χ0n) is 16.4. The van der Waals surface area contributed by atoms with E-state index in [9.17, 15) is 9.59 Å². The number of amides is 1. The number of fused-ring (bicyclic) bond motifs is 1. The Morgan fingerprint density at radius 1 is 1.11 bits per heavy atom. The fourth-order valence-electron chi connectivity index (χ4n) is 3.49. The van der Waals surface area contributed by atoms with Crippen LogP contribution in [-0.4, -0.2) is 24.8 Å². The number of benzene rings is 1. The Labute approximate surface area is 157 Å². The van der Waals surface area contributed by atoms with Crippen molar-refractivity contribution in [1.29, 1.82) is 0 Å². The molecule has 1 aromatic carbocycles. The highest BCUT2D eigenvalue weighted by Crippen LogP contribution is 2.41. The van der Waals surface area contributed by atoms with E-state index in [-0.39, 0.29) is 17.1 Å². The Hall–Kier alpha value is -2.83. The van der Waals surface area contributed by atoms with Gasteiger partial charge in [0.15, 0.2) is 5.69 Å². The summed E-state index contributed by atoms with van der Waals surface area (Å²) in [4.78, 5) is 24.9. The van der Waals surface area contributed by atoms with Crippen molar-refractivity contribution in [1.82, 2.24) is 18.9 Å². The van der Waals surface area contributed by atoms with Gasteiger partial charge in [0.1, 0.15) is 0 Å². The van der Waals surface area contributed by atoms with Crippen LogP contribution in [0.25, 0.3) is 11.0 Å². The van der Waals surface area contributed by atoms with Crippen molar-refractivity contribution in [3.63, 3.8) is 0 Å². The van der Waals surface area contributed by atoms with Crippen molar-refractivity contribution in [2.24, 2.45) is 14.1 Å². The van der Waals surface area contributed by atoms with Crippen LogP contribution in [0.1, 0.15) is 55.7 Å². The Kier molecular flexibility index (Phi) is 3.80. The van der Waals surface area contributed by atoms with Gasteiger partial charge in [-0.1, -0.05) is 0 Å². The van der Waals surface area contributed by atoms with E-state index in [0.29, 0.717) is 17.3 Å². The summed E-state index contributed by atoms with van der Waals surface area (Å²) >= 11 is 0. The molecule has 142 valence electrons. The van der Waals surface area contributed by atoms with Crippen LogP contribution in [0.3, 0.4) is 0 Å². The molecular weight excluding hydrogens is 342 g/mol. The van der Waals surface area contributed by atoms with Gasteiger partial charge in [0.05, 0.1) is 16.6 Å². The van der Waals surface area contributed by atoms with Gasteiger partial charge in [-0.3, -0.25) is 18.6 Å². The standard InChI is InChI=1S/C20H25N5O2/c1-20(2,3)25-16(12-6-7-12)11-14(22-25)18(26)21-13-8-9-15-17(10-13)24(5)19(27)23(15)4/h8-12H,6-7H2,1-5H3,(H,21,26). The molecular formula is C20H25N5O2. The second kappa shape index (κ2) is 5.84. The van der Waals surface area contributed by atoms with Crippen molar-refractivity contribution in [2.75, 3.05) is 5.32 Å². The highest BCUT2D eigenvalue weighted by molar-refractivity contribution is 6.03. The van der Waals surface area contributed by atoms with E-state index in [0.717, 1.165) is 29.6 Å². The number of carbonyl (C=O) groups excluding carboxylic acids is 1. The molecule has 0 radical (unpaired) electrons. The second-order valence-corrected chi connectivity index (χ2v) is 8.37. The summed E-state index contributed by atoms with van der Waals surface area (Å²) in [7, 11) is 3.46. The maximum absolute atomic E-state index is 12.8. The zero-order chi connectivity index (χ0) is 19.5. The number of aromatic nitrogens is 4. The third kappa shape index (κ3) is 2.97. The average Bonchev–Trinajstić information content (AvgIpc) is 3.31. The number of rotatable bonds is 3. The maximum atomic E-state index is 12.8. The Morgan fingerprint density at radius 2 is 1.78 bits per heavy atom. The Balaban J connectivity index is 1.66. The number of nitrogens with zero attached hydrogens (tertiary/aromatic N) is 4. The molecule has 7 heteroatoms. The molecule has 7 nitrogen and oxygen atoms in total. The molecule has 0 atom stereocenters. The van der Waals surface area contributed by atoms with Gasteiger partial charge in [-0.15, -0.1) is 0 Å². The summed E-state index contributed by atoms with van der Waals surface area (Å²) in [5.74, 6) is 0.272. The van der Waals surface area contributed by atoms with Crippen LogP contribution in [0.15, 0.2) is 29.1 Å². The predicted molar refractivity (Wildman–Crippen MR) is 105 cm³/mol. The van der Waals surface area contributed by atoms with Crippen LogP contribution >= 0.6 is 0 Å². The molecule has 1 aliphatic carbocycles. The number of hydrogen-bond donors (Lipinski definition) is 1. The molecule has 1 fully saturated rings. The molecule has 2 aromatic heterocycles. The monoisotopic (exact) mass is 367 g/mol. The van der Waals surface area contributed by atoms with Crippen LogP contribution in [-0.2, 0) is 19.6 Å². The summed E-state index contributed by atoms with van der Waals surface area (Å²) in [5, 5.41) is 7.50. The summed E-state index contributed by atoms with van der Waals surface area (Å²) in [6.07, 6.45) is 2.31. The highest BCUT2D eigenvalue weighted by Gasteiger charge is 2.32. The van der Waals surface area contributed by atoms with E-state index >= 15 is 0 Å². The van der Waals surface area contributed by atoms with Gasteiger partial charge in [-0.25, -0.2) is 4.79 Å². The number of aryl methyl sites for hydroxylation is 2. The Bertz CT molecular complexity index is 1110. The molecule has 1 saturated carbocycles. The molecule has 1 amide bonds. The minimum absolute atomic E-state index is 0.0912. The van der Waals surface area contributed by atoms with E-state index in [4.69, 9.17) is 0 Å². The zero-order valence-corrected chi connectivity index (χ0v) is 16.4. The molecule has 0 aliphatic heterocycles. The Morgan fingerprint density at radius 3 is 2.41 bits per heavy atom. The van der Waals surface area contributed by atoms with Gasteiger partial charge in [-0.05, 0) is 57.9 Å². The quantitative estimate of drug-likeness (QED) is 0.773. The van der Waals surface area contributed by atoms with E-state index in [1.807, 2.05) is 28.9 Å². The topological polar surface area (TPSA) is 73.8 Å². The average molecular weight is 367 g/mol. The van der Waals surface area contributed by atoms with Gasteiger partial charge < -0.3 is 5.32 Å². The van der Waals surface area contributed by atoms with Crippen LogP contribution in [0.4, 0.5) is 5.69 Å². The van der Waals surface area contributed by atoms with Crippen molar-refractivity contribution in [2.45, 2.75) is 45.1 Å². The van der Waals surface area contributed by atoms with Crippen molar-refractivity contribution >= 4 is 22.6 Å². The predicted octanol–water partition coefficient (Wildman–Crippen LogP) is 2.96. The molecule has 0 bridgehead atoms. The summed E-state index contributed by atoms with van der Waals surface area (Å²) in [6, 6.07) is 7.38. The number of anilines is 1. The normalized spacial score (nSPS) is 14.7. The van der Waals surface area contributed by atoms with Gasteiger partial charge >= 0.3 is 5.69 Å². The van der Waals surface area contributed by atoms with Crippen molar-refractivity contribution < 1.29 is 4.79 Å². The van der Waals surface area contributed by atoms with Crippen LogP contribution in [0.5, 0.6) is 0 Å². The first kappa shape index (κ1) is 17.6. The van der Waals surface area contributed by atoms with Crippen LogP contribution in [0, 0.1) is 0 Å². The molecule has 0 spiro atoms. The lowest BCUT2D eigenvalue weighted by Crippen LogP contribution is -2.25. The van der Waals surface area contributed by atoms with Crippen molar-refractivity contribution in [3.8, 4) is 0 Å². The van der Waals surface area contributed by atoms with E-state index < -0.39 is 0 Å². The van der Waals surface area contributed by atoms with Gasteiger partial charge in [0.2, 0.25) is 0 Å². The first-order valence-corrected chi connectivity index (χ1v) is 9.24. The highest BCUT2D eigenvalue weighted by atomic mass is 16.2. The molecule has 3 aromatic rings. The van der Waals surface area contributed by atoms with Crippen molar-refractivity contribution in [3.05, 3.63) is 46.1 Å². The molecule has 1 N–H and O–H groups in total. The molecule has 0 saturated heterocycles. The maximum Gasteiger partial charge on any atom is 0.328 e. The van der Waals surface area contributed by atoms with Crippen LogP contribution in [0.2, 0.25) is 0 Å². The lowest BCUT2D eigenvalue weighted by Gasteiger charge is -2.22. The second-order valence-electron chi connectivity index (χ2n) is 8.37. The SMILES string of the molecule is Cn1c(=O)n(C)c2cc(NC(=O)c3cc(C4CC4)n(C(C)(C)C)n3)ccc21. The van der Waals surface area contributed by atoms with E-state index in [1.165, 1.54) is 0 Å². The fraction of sp³-hybridized carbons (Fsp3) is 0.450. The lowest BCUT2D eigenvalue weighted by molar-refractivity contribution is 0.102. The third-order valence-corrected chi connectivity index (χ3v) is 5.13. The van der Waals surface area contributed by atoms with E-state index in [1.54, 1.807) is 23.2 Å². The van der Waals surface area contributed by atoms with E-state index in [2.05, 4.69) is 31.2 Å². The molecule has 2 heterocycles. The minimum Gasteiger partial charge on any atom is -0.321 e. The molecule has 27 heavy (non-hydrogen) atoms.